The summed E-state index contributed by atoms with van der Waals surface area (Å²) in [6, 6.07) is 6.32. The van der Waals surface area contributed by atoms with Gasteiger partial charge in [-0.05, 0) is 44.0 Å². The van der Waals surface area contributed by atoms with E-state index >= 15 is 0 Å². The van der Waals surface area contributed by atoms with Crippen LogP contribution in [0.4, 0.5) is 4.39 Å². The smallest absolute Gasteiger partial charge is 0.224 e. The van der Waals surface area contributed by atoms with E-state index in [1.54, 1.807) is 19.1 Å². The number of nitrogens with zero attached hydrogens (tertiary/aromatic N) is 3. The van der Waals surface area contributed by atoms with Crippen molar-refractivity contribution < 1.29 is 13.7 Å². The maximum atomic E-state index is 13.3. The van der Waals surface area contributed by atoms with Crippen LogP contribution in [0.25, 0.3) is 0 Å². The largest absolute Gasteiger partial charge is 0.346 e. The zero-order valence-corrected chi connectivity index (χ0v) is 14.5. The Labute approximate surface area is 146 Å². The van der Waals surface area contributed by atoms with Crippen molar-refractivity contribution in [3.63, 3.8) is 0 Å². The first-order valence-electron chi connectivity index (χ1n) is 8.58. The average Bonchev–Trinajstić information content (AvgIpc) is 3.02. The molecule has 1 aromatic heterocycles. The Morgan fingerprint density at radius 3 is 3.08 bits per heavy atom. The number of nitrogens with one attached hydrogen (secondary N) is 1. The van der Waals surface area contributed by atoms with Gasteiger partial charge in [-0.2, -0.15) is 4.98 Å². The molecule has 7 heteroatoms. The van der Waals surface area contributed by atoms with Crippen LogP contribution in [-0.4, -0.2) is 34.0 Å². The first-order chi connectivity index (χ1) is 12.0. The highest BCUT2D eigenvalue weighted by atomic mass is 19.1. The Balaban J connectivity index is 1.56. The average molecular weight is 346 g/mol. The zero-order valence-electron chi connectivity index (χ0n) is 14.5. The number of hydrogen-bond donors (Lipinski definition) is 1. The molecule has 0 unspecified atom stereocenters. The minimum absolute atomic E-state index is 0.00102. The van der Waals surface area contributed by atoms with Gasteiger partial charge in [0, 0.05) is 20.0 Å². The summed E-state index contributed by atoms with van der Waals surface area (Å²) in [5.74, 6) is 0.651. The zero-order chi connectivity index (χ0) is 17.8. The number of likely N-dealkylation sites (tertiary alicyclic amines) is 1. The number of piperidine rings is 1. The van der Waals surface area contributed by atoms with Crippen LogP contribution in [0.2, 0.25) is 0 Å². The Kier molecular flexibility index (Phi) is 5.43. The molecule has 1 aliphatic rings. The number of halogens is 1. The molecule has 1 aliphatic heterocycles. The SMILES string of the molecule is Cc1nc([C@@H](C)NC(=O)[C@@H]2CCCN(Cc3cccc(F)c3)C2)no1. The molecule has 6 nitrogen and oxygen atoms in total. The normalized spacial score (nSPS) is 19.6. The maximum Gasteiger partial charge on any atom is 0.224 e. The Bertz CT molecular complexity index is 733. The molecule has 1 saturated heterocycles. The minimum atomic E-state index is -0.288. The third-order valence-electron chi connectivity index (χ3n) is 4.46. The molecule has 2 aromatic rings. The van der Waals surface area contributed by atoms with Crippen molar-refractivity contribution in [1.82, 2.24) is 20.4 Å². The molecule has 0 bridgehead atoms. The Hall–Kier alpha value is -2.28. The van der Waals surface area contributed by atoms with Crippen LogP contribution in [0, 0.1) is 18.7 Å². The van der Waals surface area contributed by atoms with Gasteiger partial charge in [-0.1, -0.05) is 17.3 Å². The number of amides is 1. The molecule has 134 valence electrons. The summed E-state index contributed by atoms with van der Waals surface area (Å²) < 4.78 is 18.3. The van der Waals surface area contributed by atoms with Crippen molar-refractivity contribution in [2.45, 2.75) is 39.3 Å². The molecule has 0 saturated carbocycles. The monoisotopic (exact) mass is 346 g/mol. The van der Waals surface area contributed by atoms with Crippen molar-refractivity contribution in [3.8, 4) is 0 Å². The van der Waals surface area contributed by atoms with Gasteiger partial charge in [0.25, 0.3) is 0 Å². The number of benzene rings is 1. The molecular weight excluding hydrogens is 323 g/mol. The fraction of sp³-hybridized carbons (Fsp3) is 0.500. The van der Waals surface area contributed by atoms with E-state index in [1.807, 2.05) is 13.0 Å². The van der Waals surface area contributed by atoms with Crippen LogP contribution >= 0.6 is 0 Å². The van der Waals surface area contributed by atoms with Crippen LogP contribution in [-0.2, 0) is 11.3 Å². The molecule has 2 heterocycles. The van der Waals surface area contributed by atoms with Crippen LogP contribution in [0.1, 0.15) is 43.1 Å². The fourth-order valence-electron chi connectivity index (χ4n) is 3.19. The molecule has 1 fully saturated rings. The van der Waals surface area contributed by atoms with Crippen LogP contribution in [0.3, 0.4) is 0 Å². The molecule has 0 radical (unpaired) electrons. The summed E-state index contributed by atoms with van der Waals surface area (Å²) in [6.07, 6.45) is 1.80. The Morgan fingerprint density at radius 1 is 1.52 bits per heavy atom. The fourth-order valence-corrected chi connectivity index (χ4v) is 3.19. The van der Waals surface area contributed by atoms with Gasteiger partial charge in [-0.15, -0.1) is 0 Å². The quantitative estimate of drug-likeness (QED) is 0.901. The van der Waals surface area contributed by atoms with Gasteiger partial charge in [-0.25, -0.2) is 4.39 Å². The van der Waals surface area contributed by atoms with Crippen LogP contribution in [0.5, 0.6) is 0 Å². The van der Waals surface area contributed by atoms with Crippen LogP contribution in [0.15, 0.2) is 28.8 Å². The molecule has 1 amide bonds. The minimum Gasteiger partial charge on any atom is -0.346 e. The predicted molar refractivity (Wildman–Crippen MR) is 90.0 cm³/mol. The lowest BCUT2D eigenvalue weighted by molar-refractivity contribution is -0.127. The van der Waals surface area contributed by atoms with Crippen molar-refractivity contribution in [2.75, 3.05) is 13.1 Å². The van der Waals surface area contributed by atoms with Gasteiger partial charge in [-0.3, -0.25) is 9.69 Å². The topological polar surface area (TPSA) is 71.3 Å². The first-order valence-corrected chi connectivity index (χ1v) is 8.58. The van der Waals surface area contributed by atoms with E-state index < -0.39 is 0 Å². The lowest BCUT2D eigenvalue weighted by Crippen LogP contribution is -2.43. The van der Waals surface area contributed by atoms with Crippen molar-refractivity contribution in [2.24, 2.45) is 5.92 Å². The van der Waals surface area contributed by atoms with Crippen molar-refractivity contribution in [1.29, 1.82) is 0 Å². The Morgan fingerprint density at radius 2 is 2.36 bits per heavy atom. The van der Waals surface area contributed by atoms with Gasteiger partial charge in [0.1, 0.15) is 5.82 Å². The molecule has 2 atom stereocenters. The highest BCUT2D eigenvalue weighted by molar-refractivity contribution is 5.79. The van der Waals surface area contributed by atoms with E-state index in [4.69, 9.17) is 4.52 Å². The van der Waals surface area contributed by atoms with E-state index in [2.05, 4.69) is 20.4 Å². The molecule has 0 spiro atoms. The van der Waals surface area contributed by atoms with Crippen molar-refractivity contribution in [3.05, 3.63) is 47.4 Å². The molecule has 1 aromatic carbocycles. The standard InChI is InChI=1S/C18H23FN4O2/c1-12(17-21-13(2)25-22-17)20-18(24)15-6-4-8-23(11-15)10-14-5-3-7-16(19)9-14/h3,5,7,9,12,15H,4,6,8,10-11H2,1-2H3,(H,20,24)/t12-,15-/m1/s1. The number of aromatic nitrogens is 2. The van der Waals surface area contributed by atoms with Crippen molar-refractivity contribution >= 4 is 5.91 Å². The maximum absolute atomic E-state index is 13.3. The second-order valence-electron chi connectivity index (χ2n) is 6.61. The number of aryl methyl sites for hydroxylation is 1. The molecule has 3 rings (SSSR count). The van der Waals surface area contributed by atoms with Gasteiger partial charge in [0.2, 0.25) is 11.8 Å². The number of carbonyl (C=O) groups excluding carboxylic acids is 1. The number of hydrogen-bond acceptors (Lipinski definition) is 5. The molecule has 0 aliphatic carbocycles. The number of rotatable bonds is 5. The lowest BCUT2D eigenvalue weighted by Gasteiger charge is -2.32. The summed E-state index contributed by atoms with van der Waals surface area (Å²) >= 11 is 0. The van der Waals surface area contributed by atoms with E-state index in [1.165, 1.54) is 6.07 Å². The summed E-state index contributed by atoms with van der Waals surface area (Å²) in [4.78, 5) is 18.9. The summed E-state index contributed by atoms with van der Waals surface area (Å²) in [7, 11) is 0. The first kappa shape index (κ1) is 17.5. The van der Waals surface area contributed by atoms with Gasteiger partial charge in [0.15, 0.2) is 5.82 Å². The lowest BCUT2D eigenvalue weighted by atomic mass is 9.96. The van der Waals surface area contributed by atoms with Gasteiger partial charge >= 0.3 is 0 Å². The third kappa shape index (κ3) is 4.63. The third-order valence-corrected chi connectivity index (χ3v) is 4.46. The number of carbonyl (C=O) groups is 1. The van der Waals surface area contributed by atoms with E-state index in [0.717, 1.165) is 24.9 Å². The van der Waals surface area contributed by atoms with E-state index in [0.29, 0.717) is 24.8 Å². The van der Waals surface area contributed by atoms with Crippen LogP contribution < -0.4 is 5.32 Å². The second-order valence-corrected chi connectivity index (χ2v) is 6.61. The predicted octanol–water partition coefficient (Wildman–Crippen LogP) is 2.61. The second kappa shape index (κ2) is 7.74. The van der Waals surface area contributed by atoms with Gasteiger partial charge in [0.05, 0.1) is 12.0 Å². The highest BCUT2D eigenvalue weighted by Gasteiger charge is 2.27. The summed E-state index contributed by atoms with van der Waals surface area (Å²) in [6.45, 7) is 5.80. The van der Waals surface area contributed by atoms with E-state index in [9.17, 15) is 9.18 Å². The molecular formula is C18H23FN4O2. The summed E-state index contributed by atoms with van der Waals surface area (Å²) in [5, 5.41) is 6.81. The molecule has 25 heavy (non-hydrogen) atoms. The molecule has 1 N–H and O–H groups in total. The van der Waals surface area contributed by atoms with E-state index in [-0.39, 0.29) is 23.7 Å². The summed E-state index contributed by atoms with van der Waals surface area (Å²) in [5.41, 5.74) is 0.927. The van der Waals surface area contributed by atoms with Gasteiger partial charge < -0.3 is 9.84 Å². The highest BCUT2D eigenvalue weighted by Crippen LogP contribution is 2.20.